The van der Waals surface area contributed by atoms with Crippen molar-refractivity contribution in [3.05, 3.63) is 17.3 Å². The molecule has 1 rings (SSSR count). The minimum Gasteiger partial charge on any atom is -0.481 e. The summed E-state index contributed by atoms with van der Waals surface area (Å²) in [4.78, 5) is 13.8. The molecular formula is C9H6F3N3O3. The van der Waals surface area contributed by atoms with Gasteiger partial charge in [-0.3, -0.25) is 4.79 Å². The van der Waals surface area contributed by atoms with E-state index in [0.717, 1.165) is 6.07 Å². The number of carbonyl (C=O) groups is 1. The molecule has 3 N–H and O–H groups in total. The quantitative estimate of drug-likeness (QED) is 0.841. The highest BCUT2D eigenvalue weighted by atomic mass is 19.4. The molecule has 0 spiro atoms. The van der Waals surface area contributed by atoms with Crippen molar-refractivity contribution in [2.24, 2.45) is 0 Å². The topological polar surface area (TPSA) is 109 Å². The first kappa shape index (κ1) is 13.6. The van der Waals surface area contributed by atoms with Gasteiger partial charge in [0.2, 0.25) is 5.88 Å². The number of hydrogen-bond donors (Lipinski definition) is 2. The van der Waals surface area contributed by atoms with Crippen molar-refractivity contribution in [2.75, 3.05) is 5.73 Å². The Kier molecular flexibility index (Phi) is 3.61. The van der Waals surface area contributed by atoms with Crippen LogP contribution in [0.2, 0.25) is 0 Å². The zero-order valence-corrected chi connectivity index (χ0v) is 8.65. The summed E-state index contributed by atoms with van der Waals surface area (Å²) in [6.45, 7) is 0. The van der Waals surface area contributed by atoms with Crippen LogP contribution in [0.4, 0.5) is 18.9 Å². The number of anilines is 1. The predicted molar refractivity (Wildman–Crippen MR) is 51.4 cm³/mol. The summed E-state index contributed by atoms with van der Waals surface area (Å²) >= 11 is 0. The summed E-state index contributed by atoms with van der Waals surface area (Å²) in [5.74, 6) is -2.32. The molecule has 0 aliphatic rings. The average Bonchev–Trinajstić information content (AvgIpc) is 2.19. The lowest BCUT2D eigenvalue weighted by Crippen LogP contribution is -2.20. The fourth-order valence-corrected chi connectivity index (χ4v) is 1.11. The van der Waals surface area contributed by atoms with Crippen molar-refractivity contribution in [1.82, 2.24) is 4.98 Å². The van der Waals surface area contributed by atoms with E-state index in [0.29, 0.717) is 0 Å². The second-order valence-corrected chi connectivity index (χ2v) is 3.11. The first-order valence-electron chi connectivity index (χ1n) is 4.40. The first-order valence-corrected chi connectivity index (χ1v) is 4.40. The molecule has 0 saturated carbocycles. The lowest BCUT2D eigenvalue weighted by Gasteiger charge is -2.11. The van der Waals surface area contributed by atoms with Gasteiger partial charge in [0.25, 0.3) is 0 Å². The number of nitrogen functional groups attached to an aromatic ring is 1. The smallest absolute Gasteiger partial charge is 0.481 e. The summed E-state index contributed by atoms with van der Waals surface area (Å²) in [7, 11) is 0. The number of ether oxygens (including phenoxy) is 1. The third-order valence-electron chi connectivity index (χ3n) is 1.75. The van der Waals surface area contributed by atoms with Crippen LogP contribution in [-0.4, -0.2) is 22.4 Å². The van der Waals surface area contributed by atoms with Gasteiger partial charge >= 0.3 is 12.3 Å². The highest BCUT2D eigenvalue weighted by Crippen LogP contribution is 2.28. The summed E-state index contributed by atoms with van der Waals surface area (Å²) < 4.78 is 39.5. The first-order chi connectivity index (χ1) is 8.23. The molecule has 0 amide bonds. The molecule has 1 aromatic rings. The van der Waals surface area contributed by atoms with Gasteiger partial charge in [-0.25, -0.2) is 4.98 Å². The maximum absolute atomic E-state index is 12.0. The van der Waals surface area contributed by atoms with Gasteiger partial charge in [0, 0.05) is 0 Å². The molecule has 0 aromatic carbocycles. The number of carboxylic acid groups (broad SMARTS) is 1. The predicted octanol–water partition coefficient (Wildman–Crippen LogP) is 1.06. The van der Waals surface area contributed by atoms with E-state index >= 15 is 0 Å². The van der Waals surface area contributed by atoms with Crippen LogP contribution in [-0.2, 0) is 11.2 Å². The monoisotopic (exact) mass is 261 g/mol. The molecular weight excluding hydrogens is 255 g/mol. The van der Waals surface area contributed by atoms with Gasteiger partial charge in [0.05, 0.1) is 23.4 Å². The van der Waals surface area contributed by atoms with Crippen LogP contribution in [0.15, 0.2) is 6.07 Å². The normalized spacial score (nSPS) is 10.8. The van der Waals surface area contributed by atoms with E-state index in [4.69, 9.17) is 16.1 Å². The standard InChI is InChI=1S/C9H6F3N3O3/c10-9(11,12)18-8-5(14)1-4(3-13)6(15-8)2-7(16)17/h1H,2,14H2,(H,16,17). The van der Waals surface area contributed by atoms with Crippen molar-refractivity contribution >= 4 is 11.7 Å². The molecule has 0 bridgehead atoms. The Morgan fingerprint density at radius 2 is 2.22 bits per heavy atom. The molecule has 9 heteroatoms. The summed E-state index contributed by atoms with van der Waals surface area (Å²) in [6.07, 6.45) is -5.72. The van der Waals surface area contributed by atoms with Gasteiger partial charge in [-0.1, -0.05) is 0 Å². The Morgan fingerprint density at radius 1 is 1.61 bits per heavy atom. The number of halogens is 3. The van der Waals surface area contributed by atoms with Crippen LogP contribution in [0.25, 0.3) is 0 Å². The van der Waals surface area contributed by atoms with Gasteiger partial charge < -0.3 is 15.6 Å². The number of nitriles is 1. The minimum atomic E-state index is -5.00. The second kappa shape index (κ2) is 4.79. The number of aromatic nitrogens is 1. The van der Waals surface area contributed by atoms with Crippen LogP contribution < -0.4 is 10.5 Å². The van der Waals surface area contributed by atoms with Crippen LogP contribution >= 0.6 is 0 Å². The molecule has 0 radical (unpaired) electrons. The Balaban J connectivity index is 3.22. The van der Waals surface area contributed by atoms with E-state index in [1.165, 1.54) is 0 Å². The van der Waals surface area contributed by atoms with Gasteiger partial charge in [-0.15, -0.1) is 13.2 Å². The van der Waals surface area contributed by atoms with E-state index < -0.39 is 30.3 Å². The maximum Gasteiger partial charge on any atom is 0.574 e. The number of pyridine rings is 1. The number of aliphatic carboxylic acids is 1. The summed E-state index contributed by atoms with van der Waals surface area (Å²) in [5.41, 5.74) is 4.15. The van der Waals surface area contributed by atoms with E-state index in [9.17, 15) is 18.0 Å². The molecule has 1 heterocycles. The van der Waals surface area contributed by atoms with E-state index in [-0.39, 0.29) is 11.3 Å². The number of nitrogens with two attached hydrogens (primary N) is 1. The van der Waals surface area contributed by atoms with Crippen LogP contribution in [0.5, 0.6) is 5.88 Å². The molecule has 0 unspecified atom stereocenters. The van der Waals surface area contributed by atoms with Gasteiger partial charge in [-0.05, 0) is 6.07 Å². The molecule has 0 saturated heterocycles. The summed E-state index contributed by atoms with van der Waals surface area (Å²) in [5, 5.41) is 17.2. The van der Waals surface area contributed by atoms with Crippen molar-refractivity contribution in [1.29, 1.82) is 5.26 Å². The molecule has 1 aromatic heterocycles. The average molecular weight is 261 g/mol. The molecule has 0 fully saturated rings. The Morgan fingerprint density at radius 3 is 2.67 bits per heavy atom. The van der Waals surface area contributed by atoms with Gasteiger partial charge in [-0.2, -0.15) is 5.26 Å². The minimum absolute atomic E-state index is 0.218. The lowest BCUT2D eigenvalue weighted by molar-refractivity contribution is -0.275. The molecule has 18 heavy (non-hydrogen) atoms. The van der Waals surface area contributed by atoms with Crippen molar-refractivity contribution < 1.29 is 27.8 Å². The number of hydrogen-bond acceptors (Lipinski definition) is 5. The SMILES string of the molecule is N#Cc1cc(N)c(OC(F)(F)F)nc1CC(=O)O. The maximum atomic E-state index is 12.0. The van der Waals surface area contributed by atoms with Crippen LogP contribution in [0.3, 0.4) is 0 Å². The number of carboxylic acids is 1. The second-order valence-electron chi connectivity index (χ2n) is 3.11. The van der Waals surface area contributed by atoms with Crippen LogP contribution in [0, 0.1) is 11.3 Å². The Bertz CT molecular complexity index is 522. The highest BCUT2D eigenvalue weighted by molar-refractivity contribution is 5.71. The van der Waals surface area contributed by atoms with Crippen molar-refractivity contribution in [3.8, 4) is 11.9 Å². The van der Waals surface area contributed by atoms with E-state index in [1.54, 1.807) is 6.07 Å². The molecule has 0 atom stereocenters. The van der Waals surface area contributed by atoms with E-state index in [2.05, 4.69) is 9.72 Å². The molecule has 96 valence electrons. The van der Waals surface area contributed by atoms with E-state index in [1.807, 2.05) is 0 Å². The number of rotatable bonds is 3. The lowest BCUT2D eigenvalue weighted by atomic mass is 10.1. The third-order valence-corrected chi connectivity index (χ3v) is 1.75. The fraction of sp³-hybridized carbons (Fsp3) is 0.222. The molecule has 0 aliphatic heterocycles. The number of nitrogens with zero attached hydrogens (tertiary/aromatic N) is 2. The van der Waals surface area contributed by atoms with Gasteiger partial charge in [0.15, 0.2) is 0 Å². The van der Waals surface area contributed by atoms with Crippen LogP contribution in [0.1, 0.15) is 11.3 Å². The highest BCUT2D eigenvalue weighted by Gasteiger charge is 2.33. The molecule has 0 aliphatic carbocycles. The zero-order valence-electron chi connectivity index (χ0n) is 8.65. The molecule has 6 nitrogen and oxygen atoms in total. The largest absolute Gasteiger partial charge is 0.574 e. The van der Waals surface area contributed by atoms with Crippen molar-refractivity contribution in [2.45, 2.75) is 12.8 Å². The van der Waals surface area contributed by atoms with Crippen molar-refractivity contribution in [3.63, 3.8) is 0 Å². The fourth-order valence-electron chi connectivity index (χ4n) is 1.11. The third kappa shape index (κ3) is 3.51. The Labute approximate surface area is 98.4 Å². The zero-order chi connectivity index (χ0) is 13.9. The summed E-state index contributed by atoms with van der Waals surface area (Å²) in [6, 6.07) is 2.47. The van der Waals surface area contributed by atoms with Gasteiger partial charge in [0.1, 0.15) is 6.07 Å². The number of alkyl halides is 3. The Hall–Kier alpha value is -2.50.